The van der Waals surface area contributed by atoms with Gasteiger partial charge in [0.05, 0.1) is 25.7 Å². The molecule has 1 amide bonds. The van der Waals surface area contributed by atoms with Crippen molar-refractivity contribution in [3.63, 3.8) is 0 Å². The molecule has 7 heteroatoms. The van der Waals surface area contributed by atoms with Crippen LogP contribution in [0.4, 0.5) is 0 Å². The van der Waals surface area contributed by atoms with Crippen LogP contribution in [0.15, 0.2) is 18.2 Å². The molecule has 1 N–H and O–H groups in total. The molecule has 7 nitrogen and oxygen atoms in total. The number of carbonyl (C=O) groups is 2. The number of carboxylic acids is 1. The molecule has 1 aromatic carbocycles. The first-order chi connectivity index (χ1) is 11.6. The van der Waals surface area contributed by atoms with E-state index in [1.165, 1.54) is 0 Å². The summed E-state index contributed by atoms with van der Waals surface area (Å²) in [7, 11) is 0. The Morgan fingerprint density at radius 2 is 2.25 bits per heavy atom. The molecule has 0 radical (unpaired) electrons. The summed E-state index contributed by atoms with van der Waals surface area (Å²) >= 11 is 0. The molecule has 1 aromatic rings. The van der Waals surface area contributed by atoms with Crippen LogP contribution in [0.25, 0.3) is 0 Å². The number of hydrogen-bond acceptors (Lipinski definition) is 5. The molecule has 1 saturated heterocycles. The van der Waals surface area contributed by atoms with Crippen molar-refractivity contribution in [3.8, 4) is 11.5 Å². The highest BCUT2D eigenvalue weighted by Gasteiger charge is 2.34. The van der Waals surface area contributed by atoms with E-state index in [2.05, 4.69) is 0 Å². The third kappa shape index (κ3) is 3.46. The third-order valence-corrected chi connectivity index (χ3v) is 4.25. The number of amides is 1. The molecular formula is C17H21NO6. The van der Waals surface area contributed by atoms with Crippen LogP contribution < -0.4 is 9.47 Å². The molecule has 0 aromatic heterocycles. The van der Waals surface area contributed by atoms with E-state index in [0.29, 0.717) is 26.2 Å². The van der Waals surface area contributed by atoms with Crippen LogP contribution in [0.3, 0.4) is 0 Å². The zero-order valence-electron chi connectivity index (χ0n) is 13.6. The van der Waals surface area contributed by atoms with Crippen LogP contribution in [-0.2, 0) is 20.7 Å². The van der Waals surface area contributed by atoms with Crippen molar-refractivity contribution < 1.29 is 28.9 Å². The first kappa shape index (κ1) is 16.6. The third-order valence-electron chi connectivity index (χ3n) is 4.25. The number of ether oxygens (including phenoxy) is 3. The second-order valence-corrected chi connectivity index (χ2v) is 5.90. The average Bonchev–Trinajstić information content (AvgIpc) is 2.61. The minimum absolute atomic E-state index is 0.0799. The standard InChI is InChI=1S/C17H21NO6/c1-2-22-13-3-4-14-11(8-13)7-12(10-24-14)16(19)18-5-6-23-15(9-18)17(20)21/h3-4,8,12,15H,2,5-7,9-10H2,1H3,(H,20,21). The number of hydrogen-bond donors (Lipinski definition) is 1. The highest BCUT2D eigenvalue weighted by Crippen LogP contribution is 2.31. The van der Waals surface area contributed by atoms with Gasteiger partial charge in [-0.1, -0.05) is 0 Å². The van der Waals surface area contributed by atoms with Gasteiger partial charge in [-0.25, -0.2) is 4.79 Å². The van der Waals surface area contributed by atoms with Gasteiger partial charge in [0.1, 0.15) is 18.1 Å². The van der Waals surface area contributed by atoms with Gasteiger partial charge >= 0.3 is 5.97 Å². The summed E-state index contributed by atoms with van der Waals surface area (Å²) in [6.07, 6.45) is -0.395. The Labute approximate surface area is 140 Å². The predicted molar refractivity (Wildman–Crippen MR) is 84.3 cm³/mol. The van der Waals surface area contributed by atoms with Crippen LogP contribution in [0, 0.1) is 5.92 Å². The number of carbonyl (C=O) groups excluding carboxylic acids is 1. The minimum Gasteiger partial charge on any atom is -0.494 e. The fourth-order valence-electron chi connectivity index (χ4n) is 3.04. The van der Waals surface area contributed by atoms with Gasteiger partial charge in [0.2, 0.25) is 5.91 Å². The molecular weight excluding hydrogens is 314 g/mol. The van der Waals surface area contributed by atoms with E-state index >= 15 is 0 Å². The first-order valence-corrected chi connectivity index (χ1v) is 8.10. The van der Waals surface area contributed by atoms with Crippen LogP contribution in [0.1, 0.15) is 12.5 Å². The lowest BCUT2D eigenvalue weighted by atomic mass is 9.95. The summed E-state index contributed by atoms with van der Waals surface area (Å²) in [5.41, 5.74) is 0.939. The van der Waals surface area contributed by atoms with Gasteiger partial charge in [-0.15, -0.1) is 0 Å². The maximum absolute atomic E-state index is 12.7. The van der Waals surface area contributed by atoms with Gasteiger partial charge in [0.15, 0.2) is 6.10 Å². The topological polar surface area (TPSA) is 85.3 Å². The Hall–Kier alpha value is -2.28. The molecule has 0 aliphatic carbocycles. The van der Waals surface area contributed by atoms with Crippen LogP contribution in [0.5, 0.6) is 11.5 Å². The van der Waals surface area contributed by atoms with E-state index in [9.17, 15) is 9.59 Å². The maximum atomic E-state index is 12.7. The van der Waals surface area contributed by atoms with Crippen molar-refractivity contribution in [2.24, 2.45) is 5.92 Å². The summed E-state index contributed by atoms with van der Waals surface area (Å²) < 4.78 is 16.4. The molecule has 2 heterocycles. The fourth-order valence-corrected chi connectivity index (χ4v) is 3.04. The largest absolute Gasteiger partial charge is 0.494 e. The molecule has 2 aliphatic rings. The molecule has 3 rings (SSSR count). The maximum Gasteiger partial charge on any atom is 0.334 e. The van der Waals surface area contributed by atoms with Crippen LogP contribution in [-0.4, -0.2) is 60.9 Å². The van der Waals surface area contributed by atoms with Gasteiger partial charge in [0.25, 0.3) is 0 Å². The van der Waals surface area contributed by atoms with E-state index in [-0.39, 0.29) is 25.0 Å². The van der Waals surface area contributed by atoms with E-state index in [1.54, 1.807) is 4.90 Å². The molecule has 2 unspecified atom stereocenters. The zero-order valence-corrected chi connectivity index (χ0v) is 13.6. The molecule has 0 spiro atoms. The summed E-state index contributed by atoms with van der Waals surface area (Å²) in [5.74, 6) is 0.0798. The quantitative estimate of drug-likeness (QED) is 0.882. The highest BCUT2D eigenvalue weighted by atomic mass is 16.5. The molecule has 24 heavy (non-hydrogen) atoms. The molecule has 2 atom stereocenters. The minimum atomic E-state index is -1.04. The second-order valence-electron chi connectivity index (χ2n) is 5.90. The van der Waals surface area contributed by atoms with Gasteiger partial charge in [-0.05, 0) is 37.1 Å². The number of fused-ring (bicyclic) bond motifs is 1. The number of benzene rings is 1. The van der Waals surface area contributed by atoms with Crippen molar-refractivity contribution in [2.75, 3.05) is 32.9 Å². The number of nitrogens with zero attached hydrogens (tertiary/aromatic N) is 1. The van der Waals surface area contributed by atoms with Crippen molar-refractivity contribution >= 4 is 11.9 Å². The zero-order chi connectivity index (χ0) is 17.1. The summed E-state index contributed by atoms with van der Waals surface area (Å²) in [5, 5.41) is 9.06. The normalized spacial score (nSPS) is 23.1. The summed E-state index contributed by atoms with van der Waals surface area (Å²) in [6, 6.07) is 5.61. The Balaban J connectivity index is 1.68. The average molecular weight is 335 g/mol. The van der Waals surface area contributed by atoms with Crippen LogP contribution in [0.2, 0.25) is 0 Å². The molecule has 0 saturated carbocycles. The lowest BCUT2D eigenvalue weighted by molar-refractivity contribution is -0.161. The van der Waals surface area contributed by atoms with E-state index < -0.39 is 12.1 Å². The van der Waals surface area contributed by atoms with Crippen molar-refractivity contribution in [1.29, 1.82) is 0 Å². The van der Waals surface area contributed by atoms with Crippen molar-refractivity contribution in [1.82, 2.24) is 4.90 Å². The Morgan fingerprint density at radius 1 is 1.42 bits per heavy atom. The van der Waals surface area contributed by atoms with Gasteiger partial charge in [0, 0.05) is 6.54 Å². The predicted octanol–water partition coefficient (Wildman–Crippen LogP) is 0.948. The number of morpholine rings is 1. The van der Waals surface area contributed by atoms with Crippen molar-refractivity contribution in [2.45, 2.75) is 19.4 Å². The summed E-state index contributed by atoms with van der Waals surface area (Å²) in [6.45, 7) is 3.52. The van der Waals surface area contributed by atoms with E-state index in [0.717, 1.165) is 17.1 Å². The molecule has 130 valence electrons. The van der Waals surface area contributed by atoms with Crippen molar-refractivity contribution in [3.05, 3.63) is 23.8 Å². The van der Waals surface area contributed by atoms with Crippen LogP contribution >= 0.6 is 0 Å². The smallest absolute Gasteiger partial charge is 0.334 e. The molecule has 1 fully saturated rings. The lowest BCUT2D eigenvalue weighted by Gasteiger charge is -2.34. The highest BCUT2D eigenvalue weighted by molar-refractivity contribution is 5.81. The fraction of sp³-hybridized carbons (Fsp3) is 0.529. The Bertz CT molecular complexity index is 632. The SMILES string of the molecule is CCOc1ccc2c(c1)CC(C(=O)N1CCOC(C(=O)O)C1)CO2. The molecule has 2 aliphatic heterocycles. The number of carboxylic acid groups (broad SMARTS) is 1. The number of rotatable bonds is 4. The Morgan fingerprint density at radius 3 is 3.00 bits per heavy atom. The van der Waals surface area contributed by atoms with Gasteiger partial charge in [-0.3, -0.25) is 4.79 Å². The molecule has 0 bridgehead atoms. The first-order valence-electron chi connectivity index (χ1n) is 8.10. The van der Waals surface area contributed by atoms with Gasteiger partial charge < -0.3 is 24.2 Å². The summed E-state index contributed by atoms with van der Waals surface area (Å²) in [4.78, 5) is 25.3. The second kappa shape index (κ2) is 7.09. The van der Waals surface area contributed by atoms with E-state index in [4.69, 9.17) is 19.3 Å². The van der Waals surface area contributed by atoms with Gasteiger partial charge in [-0.2, -0.15) is 0 Å². The monoisotopic (exact) mass is 335 g/mol. The lowest BCUT2D eigenvalue weighted by Crippen LogP contribution is -2.51. The number of aliphatic carboxylic acids is 1. The van der Waals surface area contributed by atoms with E-state index in [1.807, 2.05) is 25.1 Å². The Kier molecular flexibility index (Phi) is 4.89.